The van der Waals surface area contributed by atoms with Crippen molar-refractivity contribution >= 4 is 56.9 Å². The van der Waals surface area contributed by atoms with Gasteiger partial charge in [-0.25, -0.2) is 4.98 Å². The zero-order valence-electron chi connectivity index (χ0n) is 31.7. The third-order valence-electron chi connectivity index (χ3n) is 12.0. The summed E-state index contributed by atoms with van der Waals surface area (Å²) in [6.45, 7) is 4.53. The van der Waals surface area contributed by atoms with Crippen LogP contribution < -0.4 is 5.46 Å². The molecule has 0 atom stereocenters. The third-order valence-corrected chi connectivity index (χ3v) is 12.0. The van der Waals surface area contributed by atoms with E-state index in [-0.39, 0.29) is 22.3 Å². The van der Waals surface area contributed by atoms with Crippen LogP contribution in [0.25, 0.3) is 89.2 Å². The molecule has 0 amide bonds. The molecule has 0 saturated carbocycles. The highest BCUT2D eigenvalue weighted by Gasteiger charge is 2.35. The van der Waals surface area contributed by atoms with Gasteiger partial charge in [0.2, 0.25) is 11.7 Å². The monoisotopic (exact) mass is 755 g/mol. The minimum absolute atomic E-state index is 0.0381. The lowest BCUT2D eigenvalue weighted by atomic mass is 9.82. The molecule has 10 heteroatoms. The Balaban J connectivity index is 1.22. The van der Waals surface area contributed by atoms with Crippen molar-refractivity contribution in [2.24, 2.45) is 0 Å². The Morgan fingerprint density at radius 1 is 0.466 bits per heavy atom. The Labute approximate surface area is 332 Å². The predicted molar refractivity (Wildman–Crippen MR) is 232 cm³/mol. The largest absolute Gasteiger partial charge is 0.506 e. The van der Waals surface area contributed by atoms with E-state index >= 15 is 0 Å². The average Bonchev–Trinajstić information content (AvgIpc) is 3.84. The molecule has 4 N–H and O–H groups in total. The van der Waals surface area contributed by atoms with Gasteiger partial charge in [0.1, 0.15) is 19.3 Å². The SMILES string of the molecule is Bc1c(O)c(O)c(O)c(-n2c3ccccc3c3cc4c5ccccc5n(-c5nc(-c6ccccc6)nc(-c6ccc7c(c6)-c6ccccc6C7(C)C)n5)c4cc32)c1O. The maximum Gasteiger partial charge on any atom is 0.238 e. The Bertz CT molecular complexity index is 3360. The quantitative estimate of drug-likeness (QED) is 0.0803. The van der Waals surface area contributed by atoms with E-state index in [0.717, 1.165) is 49.3 Å². The lowest BCUT2D eigenvalue weighted by Gasteiger charge is -2.21. The van der Waals surface area contributed by atoms with E-state index in [9.17, 15) is 20.4 Å². The summed E-state index contributed by atoms with van der Waals surface area (Å²) in [6.07, 6.45) is 0. The third kappa shape index (κ3) is 4.56. The smallest absolute Gasteiger partial charge is 0.238 e. The average molecular weight is 756 g/mol. The summed E-state index contributed by atoms with van der Waals surface area (Å²) in [7, 11) is 1.49. The molecule has 9 nitrogen and oxygen atoms in total. The van der Waals surface area contributed by atoms with Crippen LogP contribution in [0.2, 0.25) is 0 Å². The lowest BCUT2D eigenvalue weighted by Crippen LogP contribution is -2.14. The molecule has 278 valence electrons. The fraction of sp³-hybridized carbons (Fsp3) is 0.0625. The van der Waals surface area contributed by atoms with E-state index in [4.69, 9.17) is 15.0 Å². The molecule has 10 aromatic rings. The van der Waals surface area contributed by atoms with Gasteiger partial charge in [0.15, 0.2) is 23.1 Å². The zero-order valence-corrected chi connectivity index (χ0v) is 31.7. The highest BCUT2D eigenvalue weighted by Crippen LogP contribution is 2.50. The molecule has 11 rings (SSSR count). The second-order valence-electron chi connectivity index (χ2n) is 15.5. The first kappa shape index (κ1) is 33.7. The zero-order chi connectivity index (χ0) is 39.6. The van der Waals surface area contributed by atoms with Crippen molar-refractivity contribution in [2.75, 3.05) is 0 Å². The maximum absolute atomic E-state index is 11.5. The van der Waals surface area contributed by atoms with Crippen molar-refractivity contribution in [3.8, 4) is 68.5 Å². The van der Waals surface area contributed by atoms with Gasteiger partial charge in [-0.05, 0) is 58.0 Å². The van der Waals surface area contributed by atoms with Crippen LogP contribution in [0.3, 0.4) is 0 Å². The first-order chi connectivity index (χ1) is 28.1. The van der Waals surface area contributed by atoms with Crippen molar-refractivity contribution in [2.45, 2.75) is 19.3 Å². The number of aromatic nitrogens is 5. The Hall–Kier alpha value is -7.59. The molecule has 0 aliphatic heterocycles. The second-order valence-corrected chi connectivity index (χ2v) is 15.5. The molecule has 1 aliphatic carbocycles. The summed E-state index contributed by atoms with van der Waals surface area (Å²) in [4.78, 5) is 15.5. The Morgan fingerprint density at radius 2 is 1.05 bits per heavy atom. The standard InChI is InChI=1S/C48H34BN5O4/c1-48(2)33-17-9-6-14-27(33)30-22-26(20-21-34(30)48)46-50-45(25-12-4-3-5-13-25)51-47(52-46)54-36-19-11-8-16-29(36)32-23-31-28-15-7-10-18-35(28)53(37(31)24-38(32)54)40-41(55)39(49)42(56)44(58)43(40)57/h3-24,55-58H,49H2,1-2H3. The number of benzene rings is 7. The Morgan fingerprint density at radius 3 is 1.78 bits per heavy atom. The van der Waals surface area contributed by atoms with Gasteiger partial charge >= 0.3 is 0 Å². The van der Waals surface area contributed by atoms with Gasteiger partial charge in [-0.15, -0.1) is 0 Å². The first-order valence-corrected chi connectivity index (χ1v) is 19.1. The molecule has 7 aromatic carbocycles. The highest BCUT2D eigenvalue weighted by molar-refractivity contribution is 6.37. The fourth-order valence-corrected chi connectivity index (χ4v) is 9.07. The fourth-order valence-electron chi connectivity index (χ4n) is 9.07. The molecule has 0 radical (unpaired) electrons. The van der Waals surface area contributed by atoms with Crippen LogP contribution in [0.15, 0.2) is 133 Å². The molecule has 0 fully saturated rings. The molecule has 0 unspecified atom stereocenters. The van der Waals surface area contributed by atoms with Gasteiger partial charge in [0.25, 0.3) is 0 Å². The number of para-hydroxylation sites is 2. The number of nitrogens with zero attached hydrogens (tertiary/aromatic N) is 5. The van der Waals surface area contributed by atoms with Crippen LogP contribution >= 0.6 is 0 Å². The minimum atomic E-state index is -0.712. The van der Waals surface area contributed by atoms with Crippen molar-refractivity contribution in [1.29, 1.82) is 0 Å². The van der Waals surface area contributed by atoms with E-state index in [1.165, 1.54) is 24.5 Å². The minimum Gasteiger partial charge on any atom is -0.506 e. The van der Waals surface area contributed by atoms with E-state index in [0.29, 0.717) is 28.6 Å². The molecule has 1 aliphatic rings. The van der Waals surface area contributed by atoms with Gasteiger partial charge in [-0.3, -0.25) is 4.57 Å². The summed E-state index contributed by atoms with van der Waals surface area (Å²) in [5, 5.41) is 47.8. The predicted octanol–water partition coefficient (Wildman–Crippen LogP) is 8.79. The first-order valence-electron chi connectivity index (χ1n) is 19.1. The number of hydrogen-bond acceptors (Lipinski definition) is 7. The number of hydrogen-bond donors (Lipinski definition) is 4. The number of aromatic hydroxyl groups is 4. The van der Waals surface area contributed by atoms with Crippen LogP contribution in [0, 0.1) is 0 Å². The van der Waals surface area contributed by atoms with Crippen LogP contribution in [0.4, 0.5) is 0 Å². The molecule has 58 heavy (non-hydrogen) atoms. The van der Waals surface area contributed by atoms with Crippen molar-refractivity contribution in [3.05, 3.63) is 145 Å². The van der Waals surface area contributed by atoms with Crippen LogP contribution in [0.1, 0.15) is 25.0 Å². The maximum atomic E-state index is 11.5. The molecule has 0 spiro atoms. The van der Waals surface area contributed by atoms with Crippen LogP contribution in [-0.4, -0.2) is 52.4 Å². The van der Waals surface area contributed by atoms with Gasteiger partial charge < -0.3 is 25.0 Å². The topological polar surface area (TPSA) is 129 Å². The Kier molecular flexibility index (Phi) is 6.95. The van der Waals surface area contributed by atoms with Crippen molar-refractivity contribution in [1.82, 2.24) is 24.1 Å². The summed E-state index contributed by atoms with van der Waals surface area (Å²) in [5.74, 6) is -0.825. The number of rotatable bonds is 4. The number of phenols is 4. The van der Waals surface area contributed by atoms with Gasteiger partial charge in [0.05, 0.1) is 22.1 Å². The number of phenolic OH excluding ortho intramolecular Hbond substituents is 4. The van der Waals surface area contributed by atoms with Crippen molar-refractivity contribution < 1.29 is 20.4 Å². The van der Waals surface area contributed by atoms with E-state index in [2.05, 4.69) is 68.4 Å². The van der Waals surface area contributed by atoms with E-state index in [1.807, 2.05) is 83.4 Å². The van der Waals surface area contributed by atoms with Crippen LogP contribution in [0.5, 0.6) is 23.0 Å². The number of fused-ring (bicyclic) bond motifs is 9. The van der Waals surface area contributed by atoms with Gasteiger partial charge in [0, 0.05) is 38.1 Å². The lowest BCUT2D eigenvalue weighted by molar-refractivity contribution is 0.363. The summed E-state index contributed by atoms with van der Waals surface area (Å²) in [6, 6.07) is 44.9. The second kappa shape index (κ2) is 12.0. The molecular weight excluding hydrogens is 721 g/mol. The summed E-state index contributed by atoms with van der Waals surface area (Å²) in [5.41, 5.74) is 9.45. The van der Waals surface area contributed by atoms with Crippen LogP contribution in [-0.2, 0) is 5.41 Å². The van der Waals surface area contributed by atoms with Crippen molar-refractivity contribution in [3.63, 3.8) is 0 Å². The normalized spacial score (nSPS) is 13.1. The molecule has 3 aromatic heterocycles. The van der Waals surface area contributed by atoms with E-state index < -0.39 is 17.2 Å². The molecule has 0 saturated heterocycles. The van der Waals surface area contributed by atoms with Gasteiger partial charge in [-0.1, -0.05) is 117 Å². The molecular formula is C48H34BN5O4. The highest BCUT2D eigenvalue weighted by atomic mass is 16.3. The summed E-state index contributed by atoms with van der Waals surface area (Å²) >= 11 is 0. The van der Waals surface area contributed by atoms with E-state index in [1.54, 1.807) is 4.57 Å². The summed E-state index contributed by atoms with van der Waals surface area (Å²) < 4.78 is 3.76. The molecule has 0 bridgehead atoms. The molecule has 3 heterocycles. The van der Waals surface area contributed by atoms with Gasteiger partial charge in [-0.2, -0.15) is 9.97 Å².